The Kier molecular flexibility index (Phi) is 7.36. The zero-order chi connectivity index (χ0) is 16.5. The molecule has 122 valence electrons. The number of hydrogen-bond donors (Lipinski definition) is 0. The molecule has 0 aliphatic carbocycles. The highest BCUT2D eigenvalue weighted by atomic mass is 16.6. The highest BCUT2D eigenvalue weighted by molar-refractivity contribution is 5.97. The summed E-state index contributed by atoms with van der Waals surface area (Å²) < 4.78 is 10.7. The summed E-state index contributed by atoms with van der Waals surface area (Å²) in [5.74, 6) is 0.147. The smallest absolute Gasteiger partial charge is 0.315 e. The van der Waals surface area contributed by atoms with E-state index < -0.39 is 4.92 Å². The number of unbranched alkanes of at least 4 members (excludes halogenated alkanes) is 3. The summed E-state index contributed by atoms with van der Waals surface area (Å²) in [6.07, 6.45) is 4.32. The van der Waals surface area contributed by atoms with Crippen LogP contribution in [-0.2, 0) is 0 Å². The number of carbonyl (C=O) groups is 1. The third kappa shape index (κ3) is 4.72. The van der Waals surface area contributed by atoms with Crippen LogP contribution in [0.4, 0.5) is 5.69 Å². The van der Waals surface area contributed by atoms with E-state index >= 15 is 0 Å². The van der Waals surface area contributed by atoms with Gasteiger partial charge >= 0.3 is 5.69 Å². The van der Waals surface area contributed by atoms with Crippen LogP contribution >= 0.6 is 0 Å². The monoisotopic (exact) mass is 309 g/mol. The molecule has 0 radical (unpaired) electrons. The van der Waals surface area contributed by atoms with Crippen molar-refractivity contribution in [2.75, 3.05) is 13.7 Å². The topological polar surface area (TPSA) is 78.7 Å². The first-order valence-electron chi connectivity index (χ1n) is 7.57. The number of nitro groups is 1. The molecule has 6 heteroatoms. The highest BCUT2D eigenvalue weighted by Crippen LogP contribution is 2.38. The minimum Gasteiger partial charge on any atom is -0.493 e. The molecule has 0 fully saturated rings. The third-order valence-electron chi connectivity index (χ3n) is 3.34. The lowest BCUT2D eigenvalue weighted by Crippen LogP contribution is -2.05. The number of ether oxygens (including phenoxy) is 2. The van der Waals surface area contributed by atoms with Gasteiger partial charge in [-0.2, -0.15) is 0 Å². The van der Waals surface area contributed by atoms with Gasteiger partial charge < -0.3 is 9.47 Å². The Bertz CT molecular complexity index is 528. The predicted molar refractivity (Wildman–Crippen MR) is 83.9 cm³/mol. The molecule has 0 atom stereocenters. The second-order valence-electron chi connectivity index (χ2n) is 4.97. The Morgan fingerprint density at radius 1 is 1.23 bits per heavy atom. The molecule has 0 amide bonds. The lowest BCUT2D eigenvalue weighted by molar-refractivity contribution is -0.386. The first-order chi connectivity index (χ1) is 10.5. The number of Topliss-reactive ketones (excluding diaryl/α,β-unsaturated/α-hetero) is 1. The lowest BCUT2D eigenvalue weighted by atomic mass is 10.1. The number of benzene rings is 1. The van der Waals surface area contributed by atoms with Crippen molar-refractivity contribution in [3.05, 3.63) is 27.8 Å². The molecule has 0 aliphatic rings. The summed E-state index contributed by atoms with van der Waals surface area (Å²) in [6.45, 7) is 4.20. The number of rotatable bonds is 10. The average molecular weight is 309 g/mol. The van der Waals surface area contributed by atoms with E-state index in [1.807, 2.05) is 0 Å². The van der Waals surface area contributed by atoms with Gasteiger partial charge in [0.2, 0.25) is 5.75 Å². The normalized spacial score (nSPS) is 10.3. The van der Waals surface area contributed by atoms with Crippen molar-refractivity contribution in [3.63, 3.8) is 0 Å². The molecule has 0 spiro atoms. The Labute approximate surface area is 130 Å². The molecular formula is C16H23NO5. The maximum atomic E-state index is 11.8. The molecule has 0 bridgehead atoms. The van der Waals surface area contributed by atoms with Crippen LogP contribution in [0.3, 0.4) is 0 Å². The molecular weight excluding hydrogens is 286 g/mol. The van der Waals surface area contributed by atoms with Crippen LogP contribution in [0.15, 0.2) is 12.1 Å². The summed E-state index contributed by atoms with van der Waals surface area (Å²) in [4.78, 5) is 22.5. The van der Waals surface area contributed by atoms with Gasteiger partial charge in [-0.3, -0.25) is 14.9 Å². The molecule has 0 saturated carbocycles. The van der Waals surface area contributed by atoms with Gasteiger partial charge in [-0.15, -0.1) is 0 Å². The van der Waals surface area contributed by atoms with E-state index in [4.69, 9.17) is 9.47 Å². The maximum absolute atomic E-state index is 11.8. The van der Waals surface area contributed by atoms with E-state index in [1.165, 1.54) is 19.2 Å². The van der Waals surface area contributed by atoms with Gasteiger partial charge in [-0.25, -0.2) is 0 Å². The maximum Gasteiger partial charge on any atom is 0.315 e. The molecule has 0 heterocycles. The van der Waals surface area contributed by atoms with Crippen LogP contribution in [0.5, 0.6) is 11.5 Å². The second-order valence-corrected chi connectivity index (χ2v) is 4.97. The van der Waals surface area contributed by atoms with Gasteiger partial charge in [-0.05, 0) is 12.5 Å². The third-order valence-corrected chi connectivity index (χ3v) is 3.34. The van der Waals surface area contributed by atoms with Crippen LogP contribution in [0.25, 0.3) is 0 Å². The Balaban J connectivity index is 3.02. The number of hydrogen-bond acceptors (Lipinski definition) is 5. The largest absolute Gasteiger partial charge is 0.493 e. The van der Waals surface area contributed by atoms with Crippen molar-refractivity contribution in [2.45, 2.75) is 46.0 Å². The Morgan fingerprint density at radius 2 is 1.95 bits per heavy atom. The summed E-state index contributed by atoms with van der Waals surface area (Å²) in [5, 5.41) is 11.2. The van der Waals surface area contributed by atoms with Crippen molar-refractivity contribution in [1.82, 2.24) is 0 Å². The van der Waals surface area contributed by atoms with Gasteiger partial charge in [0.15, 0.2) is 11.5 Å². The van der Waals surface area contributed by atoms with Crippen molar-refractivity contribution >= 4 is 11.5 Å². The van der Waals surface area contributed by atoms with Crippen LogP contribution in [0.1, 0.15) is 56.3 Å². The van der Waals surface area contributed by atoms with Crippen molar-refractivity contribution < 1.29 is 19.2 Å². The van der Waals surface area contributed by atoms with Gasteiger partial charge in [0.1, 0.15) is 0 Å². The molecule has 1 aromatic carbocycles. The van der Waals surface area contributed by atoms with E-state index in [2.05, 4.69) is 6.92 Å². The Morgan fingerprint density at radius 3 is 2.50 bits per heavy atom. The molecule has 22 heavy (non-hydrogen) atoms. The van der Waals surface area contributed by atoms with E-state index in [-0.39, 0.29) is 35.0 Å². The van der Waals surface area contributed by atoms with Crippen LogP contribution in [0.2, 0.25) is 0 Å². The minimum atomic E-state index is -0.545. The van der Waals surface area contributed by atoms with Gasteiger partial charge in [-0.1, -0.05) is 33.1 Å². The Hall–Kier alpha value is -2.11. The van der Waals surface area contributed by atoms with Crippen LogP contribution in [-0.4, -0.2) is 24.4 Å². The summed E-state index contributed by atoms with van der Waals surface area (Å²) in [7, 11) is 1.41. The molecule has 1 aromatic rings. The first kappa shape index (κ1) is 17.9. The number of nitro benzene ring substituents is 1. The molecule has 0 aliphatic heterocycles. The number of nitrogens with zero attached hydrogens (tertiary/aromatic N) is 1. The van der Waals surface area contributed by atoms with Crippen molar-refractivity contribution in [1.29, 1.82) is 0 Å². The van der Waals surface area contributed by atoms with E-state index in [9.17, 15) is 14.9 Å². The summed E-state index contributed by atoms with van der Waals surface area (Å²) in [6, 6.07) is 2.76. The number of carbonyl (C=O) groups excluding carboxylic acids is 1. The predicted octanol–water partition coefficient (Wildman–Crippen LogP) is 4.16. The van der Waals surface area contributed by atoms with Crippen molar-refractivity contribution in [2.24, 2.45) is 0 Å². The molecule has 0 aromatic heterocycles. The van der Waals surface area contributed by atoms with Crippen molar-refractivity contribution in [3.8, 4) is 11.5 Å². The molecule has 0 saturated heterocycles. The van der Waals surface area contributed by atoms with Crippen LogP contribution < -0.4 is 9.47 Å². The summed E-state index contributed by atoms with van der Waals surface area (Å²) in [5.41, 5.74) is 0.0380. The van der Waals surface area contributed by atoms with Gasteiger partial charge in [0.25, 0.3) is 0 Å². The minimum absolute atomic E-state index is 0.0941. The SMILES string of the molecule is CCCCCCOc1c(OC)cc(C(=O)CC)cc1[N+](=O)[O-]. The number of ketones is 1. The summed E-state index contributed by atoms with van der Waals surface area (Å²) >= 11 is 0. The fourth-order valence-corrected chi connectivity index (χ4v) is 2.09. The van der Waals surface area contributed by atoms with E-state index in [0.29, 0.717) is 6.61 Å². The molecule has 6 nitrogen and oxygen atoms in total. The fraction of sp³-hybridized carbons (Fsp3) is 0.562. The zero-order valence-electron chi connectivity index (χ0n) is 13.4. The van der Waals surface area contributed by atoms with Gasteiger partial charge in [0.05, 0.1) is 18.6 Å². The first-order valence-corrected chi connectivity index (χ1v) is 7.57. The zero-order valence-corrected chi connectivity index (χ0v) is 13.4. The standard InChI is InChI=1S/C16H23NO5/c1-4-6-7-8-9-22-16-13(17(19)20)10-12(14(18)5-2)11-15(16)21-3/h10-11H,4-9H2,1-3H3. The average Bonchev–Trinajstić information content (AvgIpc) is 2.53. The molecule has 0 unspecified atom stereocenters. The van der Waals surface area contributed by atoms with Gasteiger partial charge in [0, 0.05) is 18.1 Å². The fourth-order valence-electron chi connectivity index (χ4n) is 2.09. The molecule has 1 rings (SSSR count). The number of methoxy groups -OCH3 is 1. The second kappa shape index (κ2) is 9.02. The lowest BCUT2D eigenvalue weighted by Gasteiger charge is -2.12. The quantitative estimate of drug-likeness (QED) is 0.281. The van der Waals surface area contributed by atoms with E-state index in [1.54, 1.807) is 6.92 Å². The van der Waals surface area contributed by atoms with Crippen LogP contribution in [0, 0.1) is 10.1 Å². The highest BCUT2D eigenvalue weighted by Gasteiger charge is 2.24. The van der Waals surface area contributed by atoms with E-state index in [0.717, 1.165) is 25.7 Å². The molecule has 0 N–H and O–H groups in total.